The molecule has 7 nitrogen and oxygen atoms in total. The summed E-state index contributed by atoms with van der Waals surface area (Å²) in [6.45, 7) is 8.19. The van der Waals surface area contributed by atoms with Crippen LogP contribution in [0.2, 0.25) is 0 Å². The van der Waals surface area contributed by atoms with Gasteiger partial charge in [0.25, 0.3) is 5.56 Å². The summed E-state index contributed by atoms with van der Waals surface area (Å²) in [6.07, 6.45) is 7.29. The van der Waals surface area contributed by atoms with Crippen molar-refractivity contribution in [3.63, 3.8) is 0 Å². The number of nitrogens with zero attached hydrogens (tertiary/aromatic N) is 5. The van der Waals surface area contributed by atoms with E-state index in [1.165, 1.54) is 10.7 Å². The highest BCUT2D eigenvalue weighted by atomic mass is 16.1. The molecule has 0 aliphatic rings. The highest BCUT2D eigenvalue weighted by Gasteiger charge is 2.21. The van der Waals surface area contributed by atoms with Crippen molar-refractivity contribution in [3.8, 4) is 17.3 Å². The molecule has 0 aliphatic heterocycles. The molecule has 3 rings (SSSR count). The Kier molecular flexibility index (Phi) is 4.45. The first-order chi connectivity index (χ1) is 12.0. The van der Waals surface area contributed by atoms with Crippen molar-refractivity contribution >= 4 is 5.65 Å². The van der Waals surface area contributed by atoms with E-state index < -0.39 is 0 Å². The molecule has 0 amide bonds. The van der Waals surface area contributed by atoms with Crippen LogP contribution in [0.25, 0.3) is 16.9 Å². The first kappa shape index (κ1) is 17.0. The maximum Gasteiger partial charge on any atom is 0.276 e. The van der Waals surface area contributed by atoms with Gasteiger partial charge in [0.05, 0.1) is 11.9 Å². The van der Waals surface area contributed by atoms with E-state index in [1.54, 1.807) is 6.20 Å². The van der Waals surface area contributed by atoms with Gasteiger partial charge in [0.1, 0.15) is 11.6 Å². The fourth-order valence-electron chi connectivity index (χ4n) is 3.10. The lowest BCUT2D eigenvalue weighted by atomic mass is 10.00. The van der Waals surface area contributed by atoms with Gasteiger partial charge in [-0.2, -0.15) is 10.4 Å². The van der Waals surface area contributed by atoms with Gasteiger partial charge in [0.2, 0.25) is 0 Å². The van der Waals surface area contributed by atoms with Crippen molar-refractivity contribution in [2.75, 3.05) is 0 Å². The third kappa shape index (κ3) is 2.84. The molecule has 0 radical (unpaired) electrons. The van der Waals surface area contributed by atoms with Gasteiger partial charge in [-0.1, -0.05) is 27.2 Å². The van der Waals surface area contributed by atoms with Crippen LogP contribution < -0.4 is 5.56 Å². The van der Waals surface area contributed by atoms with Crippen LogP contribution in [-0.4, -0.2) is 24.4 Å². The Hall–Kier alpha value is -2.88. The van der Waals surface area contributed by atoms with Gasteiger partial charge < -0.3 is 0 Å². The topological polar surface area (TPSA) is 91.8 Å². The van der Waals surface area contributed by atoms with Crippen molar-refractivity contribution in [1.82, 2.24) is 24.4 Å². The van der Waals surface area contributed by atoms with Crippen LogP contribution in [0.4, 0.5) is 0 Å². The fraction of sp³-hybridized carbons (Fsp3) is 0.444. The second-order valence-electron chi connectivity index (χ2n) is 6.64. The molecule has 7 heteroatoms. The first-order valence-electron chi connectivity index (χ1n) is 8.56. The molecule has 3 aromatic heterocycles. The molecule has 1 unspecified atom stereocenters. The van der Waals surface area contributed by atoms with Gasteiger partial charge in [-0.25, -0.2) is 9.50 Å². The van der Waals surface area contributed by atoms with Crippen LogP contribution in [-0.2, 0) is 0 Å². The number of aromatic nitrogens is 5. The van der Waals surface area contributed by atoms with Gasteiger partial charge in [0.15, 0.2) is 5.65 Å². The number of hydrogen-bond donors (Lipinski definition) is 1. The monoisotopic (exact) mass is 338 g/mol. The predicted molar refractivity (Wildman–Crippen MR) is 95.5 cm³/mol. The summed E-state index contributed by atoms with van der Waals surface area (Å²) in [6, 6.07) is 2.36. The minimum absolute atomic E-state index is 0.00264. The SMILES string of the molecule is CCCC(C)n1cc(-c2nc3c(C#N)c[nH]n3c(=O)c2C(C)C)cn1. The predicted octanol–water partition coefficient (Wildman–Crippen LogP) is 3.24. The maximum absolute atomic E-state index is 12.9. The van der Waals surface area contributed by atoms with Crippen molar-refractivity contribution < 1.29 is 0 Å². The molecule has 1 atom stereocenters. The van der Waals surface area contributed by atoms with Crippen LogP contribution in [0.15, 0.2) is 23.4 Å². The first-order valence-corrected chi connectivity index (χ1v) is 8.56. The summed E-state index contributed by atoms with van der Waals surface area (Å²) in [4.78, 5) is 17.5. The van der Waals surface area contributed by atoms with Crippen LogP contribution in [0.5, 0.6) is 0 Å². The zero-order chi connectivity index (χ0) is 18.1. The fourth-order valence-corrected chi connectivity index (χ4v) is 3.10. The molecule has 1 N–H and O–H groups in total. The van der Waals surface area contributed by atoms with E-state index in [-0.39, 0.29) is 17.5 Å². The Morgan fingerprint density at radius 2 is 2.12 bits per heavy atom. The lowest BCUT2D eigenvalue weighted by Gasteiger charge is -2.11. The summed E-state index contributed by atoms with van der Waals surface area (Å²) in [5.41, 5.74) is 2.54. The second kappa shape index (κ2) is 6.55. The molecule has 0 saturated carbocycles. The van der Waals surface area contributed by atoms with Gasteiger partial charge >= 0.3 is 0 Å². The van der Waals surface area contributed by atoms with E-state index in [0.717, 1.165) is 18.4 Å². The molecule has 0 aliphatic carbocycles. The molecule has 0 spiro atoms. The third-order valence-corrected chi connectivity index (χ3v) is 4.43. The minimum atomic E-state index is -0.175. The number of hydrogen-bond acceptors (Lipinski definition) is 4. The van der Waals surface area contributed by atoms with E-state index in [4.69, 9.17) is 0 Å². The summed E-state index contributed by atoms with van der Waals surface area (Å²) < 4.78 is 3.25. The molecule has 0 saturated heterocycles. The summed E-state index contributed by atoms with van der Waals surface area (Å²) in [5, 5.41) is 16.5. The average molecular weight is 338 g/mol. The van der Waals surface area contributed by atoms with E-state index in [2.05, 4.69) is 35.1 Å². The highest BCUT2D eigenvalue weighted by molar-refractivity contribution is 5.67. The van der Waals surface area contributed by atoms with Crippen LogP contribution >= 0.6 is 0 Å². The standard InChI is InChI=1S/C18H22N6O/c1-5-6-12(4)23-10-14(9-20-23)16-15(11(2)3)18(25)24-17(22-16)13(7-19)8-21-24/h8-12,21H,5-6H2,1-4H3. The summed E-state index contributed by atoms with van der Waals surface area (Å²) >= 11 is 0. The van der Waals surface area contributed by atoms with Crippen LogP contribution in [0, 0.1) is 11.3 Å². The Morgan fingerprint density at radius 1 is 1.36 bits per heavy atom. The van der Waals surface area contributed by atoms with Gasteiger partial charge in [0, 0.05) is 29.6 Å². The van der Waals surface area contributed by atoms with Gasteiger partial charge in [-0.3, -0.25) is 14.6 Å². The molecular weight excluding hydrogens is 316 g/mol. The number of H-pyrrole nitrogens is 1. The summed E-state index contributed by atoms with van der Waals surface area (Å²) in [7, 11) is 0. The number of aromatic amines is 1. The normalized spacial score (nSPS) is 12.6. The van der Waals surface area contributed by atoms with E-state index in [1.807, 2.05) is 24.7 Å². The van der Waals surface area contributed by atoms with Gasteiger partial charge in [-0.05, 0) is 19.3 Å². The molecule has 3 aromatic rings. The zero-order valence-corrected chi connectivity index (χ0v) is 14.9. The van der Waals surface area contributed by atoms with Crippen LogP contribution in [0.1, 0.15) is 63.6 Å². The summed E-state index contributed by atoms with van der Waals surface area (Å²) in [5.74, 6) is -0.00264. The largest absolute Gasteiger partial charge is 0.295 e. The van der Waals surface area contributed by atoms with E-state index >= 15 is 0 Å². The Bertz CT molecular complexity index is 1000. The average Bonchev–Trinajstić information content (AvgIpc) is 3.21. The zero-order valence-electron chi connectivity index (χ0n) is 14.9. The number of nitrogens with one attached hydrogen (secondary N) is 1. The number of rotatable bonds is 5. The van der Waals surface area contributed by atoms with Gasteiger partial charge in [-0.15, -0.1) is 0 Å². The molecular formula is C18H22N6O. The van der Waals surface area contributed by atoms with E-state index in [0.29, 0.717) is 22.5 Å². The number of fused-ring (bicyclic) bond motifs is 1. The Labute approximate surface area is 145 Å². The molecule has 0 bridgehead atoms. The van der Waals surface area contributed by atoms with Crippen molar-refractivity contribution in [3.05, 3.63) is 40.1 Å². The third-order valence-electron chi connectivity index (χ3n) is 4.43. The Balaban J connectivity index is 2.23. The number of nitriles is 1. The molecule has 130 valence electrons. The van der Waals surface area contributed by atoms with Crippen molar-refractivity contribution in [2.24, 2.45) is 0 Å². The smallest absolute Gasteiger partial charge is 0.276 e. The second-order valence-corrected chi connectivity index (χ2v) is 6.64. The highest BCUT2D eigenvalue weighted by Crippen LogP contribution is 2.27. The molecule has 0 fully saturated rings. The van der Waals surface area contributed by atoms with Crippen molar-refractivity contribution in [1.29, 1.82) is 5.26 Å². The van der Waals surface area contributed by atoms with E-state index in [9.17, 15) is 10.1 Å². The molecule has 3 heterocycles. The maximum atomic E-state index is 12.9. The minimum Gasteiger partial charge on any atom is -0.295 e. The Morgan fingerprint density at radius 3 is 2.76 bits per heavy atom. The molecule has 25 heavy (non-hydrogen) atoms. The lowest BCUT2D eigenvalue weighted by Crippen LogP contribution is -2.22. The lowest BCUT2D eigenvalue weighted by molar-refractivity contribution is 0.455. The van der Waals surface area contributed by atoms with Crippen LogP contribution in [0.3, 0.4) is 0 Å². The quantitative estimate of drug-likeness (QED) is 0.773. The van der Waals surface area contributed by atoms with Crippen molar-refractivity contribution in [2.45, 2.75) is 52.5 Å². The molecule has 0 aromatic carbocycles.